The van der Waals surface area contributed by atoms with Crippen LogP contribution in [0.5, 0.6) is 0 Å². The van der Waals surface area contributed by atoms with Crippen LogP contribution in [0.3, 0.4) is 0 Å². The van der Waals surface area contributed by atoms with E-state index in [1.165, 1.54) is 21.7 Å². The molecule has 1 amide bonds. The lowest BCUT2D eigenvalue weighted by molar-refractivity contribution is -0.121. The number of hydrogen-bond acceptors (Lipinski definition) is 3. The lowest BCUT2D eigenvalue weighted by Crippen LogP contribution is -2.37. The summed E-state index contributed by atoms with van der Waals surface area (Å²) < 4.78 is 0. The molecule has 1 aliphatic rings. The third kappa shape index (κ3) is 4.22. The van der Waals surface area contributed by atoms with Gasteiger partial charge in [0.25, 0.3) is 0 Å². The summed E-state index contributed by atoms with van der Waals surface area (Å²) in [6.07, 6.45) is 2.38. The van der Waals surface area contributed by atoms with Crippen molar-refractivity contribution >= 4 is 22.9 Å². The average Bonchev–Trinajstić information content (AvgIpc) is 3.38. The molecule has 0 aliphatic carbocycles. The highest BCUT2D eigenvalue weighted by Crippen LogP contribution is 2.36. The molecule has 4 heteroatoms. The number of para-hydroxylation sites is 1. The fourth-order valence-corrected chi connectivity index (χ4v) is 4.57. The number of fused-ring (bicyclic) bond motifs is 1. The molecule has 1 aromatic heterocycles. The maximum absolute atomic E-state index is 12.4. The highest BCUT2D eigenvalue weighted by molar-refractivity contribution is 7.10. The molecule has 0 fully saturated rings. The van der Waals surface area contributed by atoms with Crippen LogP contribution >= 0.6 is 11.3 Å². The zero-order chi connectivity index (χ0) is 18.5. The minimum atomic E-state index is 0.118. The summed E-state index contributed by atoms with van der Waals surface area (Å²) in [6.45, 7) is 1.64. The van der Waals surface area contributed by atoms with Gasteiger partial charge < -0.3 is 10.2 Å². The van der Waals surface area contributed by atoms with Gasteiger partial charge in [0.1, 0.15) is 0 Å². The van der Waals surface area contributed by atoms with E-state index in [1.807, 2.05) is 18.2 Å². The Kier molecular flexibility index (Phi) is 5.54. The molecule has 0 unspecified atom stereocenters. The Morgan fingerprint density at radius 3 is 2.67 bits per heavy atom. The first-order valence-corrected chi connectivity index (χ1v) is 10.4. The molecule has 0 radical (unpaired) electrons. The second kappa shape index (κ2) is 8.40. The maximum atomic E-state index is 12.4. The monoisotopic (exact) mass is 376 g/mol. The molecule has 0 spiro atoms. The number of thiophene rings is 1. The second-order valence-corrected chi connectivity index (χ2v) is 7.87. The van der Waals surface area contributed by atoms with Crippen molar-refractivity contribution in [2.45, 2.75) is 25.3 Å². The van der Waals surface area contributed by atoms with Gasteiger partial charge in [-0.1, -0.05) is 54.6 Å². The number of benzene rings is 2. The number of amides is 1. The van der Waals surface area contributed by atoms with E-state index >= 15 is 0 Å². The average molecular weight is 377 g/mol. The Balaban J connectivity index is 1.41. The molecular formula is C23H24N2OS. The van der Waals surface area contributed by atoms with E-state index in [0.717, 1.165) is 19.4 Å². The Morgan fingerprint density at radius 2 is 1.85 bits per heavy atom. The van der Waals surface area contributed by atoms with Crippen molar-refractivity contribution in [3.8, 4) is 0 Å². The minimum Gasteiger partial charge on any atom is -0.361 e. The van der Waals surface area contributed by atoms with Gasteiger partial charge in [0.2, 0.25) is 5.91 Å². The van der Waals surface area contributed by atoms with Gasteiger partial charge in [-0.3, -0.25) is 4.79 Å². The predicted molar refractivity (Wildman–Crippen MR) is 112 cm³/mol. The van der Waals surface area contributed by atoms with Crippen molar-refractivity contribution in [3.05, 3.63) is 88.1 Å². The fourth-order valence-electron chi connectivity index (χ4n) is 3.73. The van der Waals surface area contributed by atoms with Crippen LogP contribution in [0.25, 0.3) is 0 Å². The van der Waals surface area contributed by atoms with Gasteiger partial charge in [0, 0.05) is 30.1 Å². The van der Waals surface area contributed by atoms with Crippen molar-refractivity contribution in [2.24, 2.45) is 0 Å². The van der Waals surface area contributed by atoms with Crippen LogP contribution in [0.4, 0.5) is 5.69 Å². The molecule has 2 aromatic carbocycles. The van der Waals surface area contributed by atoms with Crippen LogP contribution in [0.15, 0.2) is 72.1 Å². The quantitative estimate of drug-likeness (QED) is 0.653. The van der Waals surface area contributed by atoms with E-state index < -0.39 is 0 Å². The summed E-state index contributed by atoms with van der Waals surface area (Å²) in [7, 11) is 0. The van der Waals surface area contributed by atoms with E-state index in [-0.39, 0.29) is 11.9 Å². The number of anilines is 1. The summed E-state index contributed by atoms with van der Waals surface area (Å²) in [5, 5.41) is 5.29. The molecule has 138 valence electrons. The van der Waals surface area contributed by atoms with E-state index in [1.54, 1.807) is 11.3 Å². The zero-order valence-electron chi connectivity index (χ0n) is 15.3. The first-order chi connectivity index (χ1) is 13.3. The van der Waals surface area contributed by atoms with Gasteiger partial charge in [-0.25, -0.2) is 0 Å². The predicted octanol–water partition coefficient (Wildman–Crippen LogP) is 4.60. The zero-order valence-corrected chi connectivity index (χ0v) is 16.1. The van der Waals surface area contributed by atoms with Crippen LogP contribution in [-0.4, -0.2) is 19.0 Å². The molecule has 27 heavy (non-hydrogen) atoms. The van der Waals surface area contributed by atoms with E-state index in [9.17, 15) is 4.79 Å². The lowest BCUT2D eigenvalue weighted by Gasteiger charge is -2.30. The van der Waals surface area contributed by atoms with Crippen LogP contribution in [0.2, 0.25) is 0 Å². The second-order valence-electron chi connectivity index (χ2n) is 6.89. The van der Waals surface area contributed by atoms with Crippen molar-refractivity contribution in [1.29, 1.82) is 0 Å². The van der Waals surface area contributed by atoms with Crippen molar-refractivity contribution < 1.29 is 4.79 Å². The number of aryl methyl sites for hydroxylation is 1. The number of nitrogens with zero attached hydrogens (tertiary/aromatic N) is 1. The summed E-state index contributed by atoms with van der Waals surface area (Å²) in [5.41, 5.74) is 3.90. The van der Waals surface area contributed by atoms with Gasteiger partial charge in [-0.05, 0) is 41.5 Å². The largest absolute Gasteiger partial charge is 0.361 e. The molecule has 0 saturated carbocycles. The smallest absolute Gasteiger partial charge is 0.220 e. The van der Waals surface area contributed by atoms with Crippen LogP contribution in [-0.2, 0) is 17.6 Å². The molecule has 1 N–H and O–H groups in total. The van der Waals surface area contributed by atoms with E-state index in [0.29, 0.717) is 13.0 Å². The molecule has 1 atom stereocenters. The summed E-state index contributed by atoms with van der Waals surface area (Å²) in [5.74, 6) is 0.118. The SMILES string of the molecule is O=C(CCc1ccccc1)NC[C@@H](c1cccs1)N1CCc2ccccc21. The van der Waals surface area contributed by atoms with Crippen molar-refractivity contribution in [1.82, 2.24) is 5.32 Å². The van der Waals surface area contributed by atoms with Crippen LogP contribution < -0.4 is 10.2 Å². The van der Waals surface area contributed by atoms with Gasteiger partial charge in [-0.15, -0.1) is 11.3 Å². The molecule has 0 bridgehead atoms. The summed E-state index contributed by atoms with van der Waals surface area (Å²) in [6, 6.07) is 23.2. The Labute approximate surface area is 164 Å². The standard InChI is InChI=1S/C23H24N2OS/c26-23(13-12-18-7-2-1-3-8-18)24-17-21(22-11-6-16-27-22)25-15-14-19-9-4-5-10-20(19)25/h1-11,16,21H,12-15,17H2,(H,24,26)/t21-/m0/s1. The molecule has 0 saturated heterocycles. The molecule has 4 rings (SSSR count). The lowest BCUT2D eigenvalue weighted by atomic mass is 10.1. The normalized spacial score (nSPS) is 14.0. The number of carbonyl (C=O) groups excluding carboxylic acids is 1. The third-order valence-electron chi connectivity index (χ3n) is 5.15. The van der Waals surface area contributed by atoms with Crippen molar-refractivity contribution in [3.63, 3.8) is 0 Å². The van der Waals surface area contributed by atoms with E-state index in [2.05, 4.69) is 64.1 Å². The van der Waals surface area contributed by atoms with Gasteiger partial charge in [0.05, 0.1) is 6.04 Å². The Bertz CT molecular complexity index is 876. The fraction of sp³-hybridized carbons (Fsp3) is 0.261. The highest BCUT2D eigenvalue weighted by Gasteiger charge is 2.27. The molecule has 3 aromatic rings. The molecule has 3 nitrogen and oxygen atoms in total. The molecule has 2 heterocycles. The number of rotatable bonds is 7. The molecular weight excluding hydrogens is 352 g/mol. The maximum Gasteiger partial charge on any atom is 0.220 e. The Hall–Kier alpha value is -2.59. The van der Waals surface area contributed by atoms with Crippen LogP contribution in [0.1, 0.15) is 28.5 Å². The third-order valence-corrected chi connectivity index (χ3v) is 6.12. The Morgan fingerprint density at radius 1 is 1.04 bits per heavy atom. The summed E-state index contributed by atoms with van der Waals surface area (Å²) in [4.78, 5) is 16.2. The minimum absolute atomic E-state index is 0.118. The molecule has 1 aliphatic heterocycles. The first-order valence-electron chi connectivity index (χ1n) is 9.50. The number of nitrogens with one attached hydrogen (secondary N) is 1. The van der Waals surface area contributed by atoms with Crippen molar-refractivity contribution in [2.75, 3.05) is 18.0 Å². The van der Waals surface area contributed by atoms with Crippen LogP contribution in [0, 0.1) is 0 Å². The van der Waals surface area contributed by atoms with Gasteiger partial charge >= 0.3 is 0 Å². The number of carbonyl (C=O) groups is 1. The topological polar surface area (TPSA) is 32.3 Å². The highest BCUT2D eigenvalue weighted by atomic mass is 32.1. The van der Waals surface area contributed by atoms with Gasteiger partial charge in [0.15, 0.2) is 0 Å². The van der Waals surface area contributed by atoms with Gasteiger partial charge in [-0.2, -0.15) is 0 Å². The first kappa shape index (κ1) is 17.8. The number of hydrogen-bond donors (Lipinski definition) is 1. The summed E-state index contributed by atoms with van der Waals surface area (Å²) >= 11 is 1.76. The van der Waals surface area contributed by atoms with E-state index in [4.69, 9.17) is 0 Å².